The van der Waals surface area contributed by atoms with E-state index in [4.69, 9.17) is 9.31 Å². The third-order valence-electron chi connectivity index (χ3n) is 5.03. The summed E-state index contributed by atoms with van der Waals surface area (Å²) in [4.78, 5) is 0. The van der Waals surface area contributed by atoms with Gasteiger partial charge in [0.2, 0.25) is 0 Å². The molecule has 0 unspecified atom stereocenters. The van der Waals surface area contributed by atoms with Crippen LogP contribution in [-0.4, -0.2) is 18.3 Å². The molecule has 0 atom stereocenters. The zero-order chi connectivity index (χ0) is 16.9. The summed E-state index contributed by atoms with van der Waals surface area (Å²) in [5.41, 5.74) is 1.91. The first-order valence-corrected chi connectivity index (χ1v) is 8.97. The first-order valence-electron chi connectivity index (χ1n) is 8.97. The average molecular weight is 314 g/mol. The van der Waals surface area contributed by atoms with Gasteiger partial charge < -0.3 is 9.31 Å². The molecule has 126 valence electrons. The van der Waals surface area contributed by atoms with E-state index in [-0.39, 0.29) is 18.3 Å². The van der Waals surface area contributed by atoms with Gasteiger partial charge in [-0.1, -0.05) is 69.0 Å². The summed E-state index contributed by atoms with van der Waals surface area (Å²) >= 11 is 0. The highest BCUT2D eigenvalue weighted by Gasteiger charge is 2.52. The molecule has 2 rings (SSSR count). The lowest BCUT2D eigenvalue weighted by molar-refractivity contribution is 0.00578. The molecule has 0 N–H and O–H groups in total. The van der Waals surface area contributed by atoms with E-state index in [1.54, 1.807) is 0 Å². The minimum atomic E-state index is -0.281. The lowest BCUT2D eigenvalue weighted by Gasteiger charge is -2.32. The SMILES string of the molecule is CCCCCC/C(=C\c1ccccc1)B1OC(C)(C)C(C)(C)O1. The fourth-order valence-electron chi connectivity index (χ4n) is 2.77. The van der Waals surface area contributed by atoms with Crippen LogP contribution in [0.15, 0.2) is 35.8 Å². The van der Waals surface area contributed by atoms with Gasteiger partial charge in [0.05, 0.1) is 11.2 Å². The third kappa shape index (κ3) is 4.71. The molecule has 1 fully saturated rings. The molecule has 1 aliphatic heterocycles. The van der Waals surface area contributed by atoms with Gasteiger partial charge in [0, 0.05) is 0 Å². The average Bonchev–Trinajstić information content (AvgIpc) is 2.72. The van der Waals surface area contributed by atoms with Crippen molar-refractivity contribution in [3.63, 3.8) is 0 Å². The van der Waals surface area contributed by atoms with Crippen molar-refractivity contribution >= 4 is 13.2 Å². The van der Waals surface area contributed by atoms with Crippen molar-refractivity contribution in [3.05, 3.63) is 41.4 Å². The minimum absolute atomic E-state index is 0.234. The van der Waals surface area contributed by atoms with Crippen molar-refractivity contribution in [1.29, 1.82) is 0 Å². The fraction of sp³-hybridized carbons (Fsp3) is 0.600. The molecule has 0 aromatic heterocycles. The van der Waals surface area contributed by atoms with Crippen LogP contribution in [0.25, 0.3) is 6.08 Å². The van der Waals surface area contributed by atoms with Crippen molar-refractivity contribution in [2.45, 2.75) is 77.9 Å². The Kier molecular flexibility index (Phi) is 6.10. The highest BCUT2D eigenvalue weighted by Crippen LogP contribution is 2.39. The Morgan fingerprint density at radius 2 is 1.57 bits per heavy atom. The van der Waals surface area contributed by atoms with Crippen LogP contribution in [0.1, 0.15) is 72.3 Å². The van der Waals surface area contributed by atoms with E-state index in [1.807, 2.05) is 6.07 Å². The van der Waals surface area contributed by atoms with E-state index >= 15 is 0 Å². The van der Waals surface area contributed by atoms with Gasteiger partial charge >= 0.3 is 7.12 Å². The van der Waals surface area contributed by atoms with Crippen LogP contribution in [0, 0.1) is 0 Å². The van der Waals surface area contributed by atoms with Gasteiger partial charge in [-0.25, -0.2) is 0 Å². The van der Waals surface area contributed by atoms with E-state index in [1.165, 1.54) is 36.7 Å². The molecular formula is C20H31BO2. The van der Waals surface area contributed by atoms with Gasteiger partial charge in [0.1, 0.15) is 0 Å². The summed E-state index contributed by atoms with van der Waals surface area (Å²) in [6.45, 7) is 10.7. The van der Waals surface area contributed by atoms with Crippen LogP contribution in [0.4, 0.5) is 0 Å². The number of benzene rings is 1. The summed E-state index contributed by atoms with van der Waals surface area (Å²) in [5, 5.41) is 0. The normalized spacial score (nSPS) is 20.0. The largest absolute Gasteiger partial charge is 0.490 e. The van der Waals surface area contributed by atoms with Crippen molar-refractivity contribution in [2.75, 3.05) is 0 Å². The smallest absolute Gasteiger partial charge is 0.400 e. The Hall–Kier alpha value is -1.06. The van der Waals surface area contributed by atoms with Crippen LogP contribution < -0.4 is 0 Å². The second-order valence-electron chi connectivity index (χ2n) is 7.53. The van der Waals surface area contributed by atoms with Gasteiger partial charge in [0.25, 0.3) is 0 Å². The number of rotatable bonds is 7. The predicted octanol–water partition coefficient (Wildman–Crippen LogP) is 5.67. The minimum Gasteiger partial charge on any atom is -0.400 e. The number of hydrogen-bond acceptors (Lipinski definition) is 2. The van der Waals surface area contributed by atoms with Gasteiger partial charge in [-0.05, 0) is 45.2 Å². The van der Waals surface area contributed by atoms with E-state index in [0.717, 1.165) is 6.42 Å². The lowest BCUT2D eigenvalue weighted by atomic mass is 9.74. The molecule has 0 bridgehead atoms. The molecule has 1 saturated heterocycles. The molecule has 1 heterocycles. The summed E-state index contributed by atoms with van der Waals surface area (Å²) in [6.07, 6.45) is 8.29. The van der Waals surface area contributed by atoms with Crippen LogP contribution in [-0.2, 0) is 9.31 Å². The molecule has 3 heteroatoms. The molecule has 2 nitrogen and oxygen atoms in total. The summed E-state index contributed by atoms with van der Waals surface area (Å²) in [6, 6.07) is 10.5. The predicted molar refractivity (Wildman–Crippen MR) is 99.3 cm³/mol. The van der Waals surface area contributed by atoms with Crippen molar-refractivity contribution in [1.82, 2.24) is 0 Å². The highest BCUT2D eigenvalue weighted by molar-refractivity contribution is 6.55. The second kappa shape index (κ2) is 7.68. The highest BCUT2D eigenvalue weighted by atomic mass is 16.7. The van der Waals surface area contributed by atoms with E-state index in [2.05, 4.69) is 65.0 Å². The van der Waals surface area contributed by atoms with Crippen LogP contribution in [0.2, 0.25) is 0 Å². The first kappa shape index (κ1) is 18.3. The molecule has 0 spiro atoms. The van der Waals surface area contributed by atoms with Crippen LogP contribution >= 0.6 is 0 Å². The molecule has 1 aliphatic rings. The third-order valence-corrected chi connectivity index (χ3v) is 5.03. The quantitative estimate of drug-likeness (QED) is 0.477. The van der Waals surface area contributed by atoms with Crippen LogP contribution in [0.3, 0.4) is 0 Å². The lowest BCUT2D eigenvalue weighted by Crippen LogP contribution is -2.41. The van der Waals surface area contributed by atoms with E-state index < -0.39 is 0 Å². The molecule has 0 radical (unpaired) electrons. The molecule has 23 heavy (non-hydrogen) atoms. The van der Waals surface area contributed by atoms with Crippen LogP contribution in [0.5, 0.6) is 0 Å². The summed E-state index contributed by atoms with van der Waals surface area (Å²) < 4.78 is 12.5. The zero-order valence-electron chi connectivity index (χ0n) is 15.4. The number of hydrogen-bond donors (Lipinski definition) is 0. The molecule has 1 aromatic rings. The number of unbranched alkanes of at least 4 members (excludes halogenated alkanes) is 3. The van der Waals surface area contributed by atoms with E-state index in [0.29, 0.717) is 0 Å². The van der Waals surface area contributed by atoms with Gasteiger partial charge in [0.15, 0.2) is 0 Å². The first-order chi connectivity index (χ1) is 10.9. The van der Waals surface area contributed by atoms with Gasteiger partial charge in [-0.2, -0.15) is 0 Å². The molecule has 1 aromatic carbocycles. The molecule has 0 amide bonds. The molecule has 0 aliphatic carbocycles. The maximum atomic E-state index is 6.26. The zero-order valence-corrected chi connectivity index (χ0v) is 15.4. The monoisotopic (exact) mass is 314 g/mol. The molecular weight excluding hydrogens is 283 g/mol. The summed E-state index contributed by atoms with van der Waals surface area (Å²) in [7, 11) is -0.234. The standard InChI is InChI=1S/C20H31BO2/c1-6-7-8-12-15-18(16-17-13-10-9-11-14-17)21-22-19(2,3)20(4,5)23-21/h9-11,13-14,16H,6-8,12,15H2,1-5H3/b18-16+. The van der Waals surface area contributed by atoms with Gasteiger partial charge in [-0.15, -0.1) is 0 Å². The topological polar surface area (TPSA) is 18.5 Å². The fourth-order valence-corrected chi connectivity index (χ4v) is 2.77. The van der Waals surface area contributed by atoms with Crippen molar-refractivity contribution < 1.29 is 9.31 Å². The van der Waals surface area contributed by atoms with Crippen molar-refractivity contribution in [2.24, 2.45) is 0 Å². The Bertz CT molecular complexity index is 504. The second-order valence-corrected chi connectivity index (χ2v) is 7.53. The Labute approximate surface area is 142 Å². The van der Waals surface area contributed by atoms with E-state index in [9.17, 15) is 0 Å². The van der Waals surface area contributed by atoms with Gasteiger partial charge in [-0.3, -0.25) is 0 Å². The Morgan fingerprint density at radius 1 is 0.957 bits per heavy atom. The van der Waals surface area contributed by atoms with Crippen molar-refractivity contribution in [3.8, 4) is 0 Å². The maximum absolute atomic E-state index is 6.26. The number of allylic oxidation sites excluding steroid dienone is 1. The summed E-state index contributed by atoms with van der Waals surface area (Å²) in [5.74, 6) is 0. The molecule has 0 saturated carbocycles. The Balaban J connectivity index is 2.16. The maximum Gasteiger partial charge on any atom is 0.490 e. The Morgan fingerprint density at radius 3 is 2.13 bits per heavy atom.